The van der Waals surface area contributed by atoms with E-state index in [0.29, 0.717) is 5.56 Å². The summed E-state index contributed by atoms with van der Waals surface area (Å²) in [4.78, 5) is 11.2. The number of benzene rings is 2. The molecule has 0 bridgehead atoms. The molecule has 2 rings (SSSR count). The Hall–Kier alpha value is -1.83. The van der Waals surface area contributed by atoms with Gasteiger partial charge >= 0.3 is 5.97 Å². The standard InChI is InChI=1S/C13H12O2/c1-8-7-10-5-3-4-6-11(10)12(9(8)2)13(14)15/h3-7H,1-2H3,(H,14,15). The number of aromatic carboxylic acids is 1. The maximum absolute atomic E-state index is 11.2. The van der Waals surface area contributed by atoms with Crippen LogP contribution >= 0.6 is 0 Å². The number of carbonyl (C=O) groups is 1. The Labute approximate surface area is 88.2 Å². The highest BCUT2D eigenvalue weighted by atomic mass is 16.4. The fourth-order valence-electron chi connectivity index (χ4n) is 1.87. The summed E-state index contributed by atoms with van der Waals surface area (Å²) in [6.45, 7) is 3.79. The second-order valence-corrected chi connectivity index (χ2v) is 3.72. The number of hydrogen-bond donors (Lipinski definition) is 1. The average molecular weight is 200 g/mol. The third kappa shape index (κ3) is 1.48. The minimum absolute atomic E-state index is 0.422. The first-order chi connectivity index (χ1) is 7.11. The molecule has 0 spiro atoms. The summed E-state index contributed by atoms with van der Waals surface area (Å²) < 4.78 is 0. The molecule has 2 aromatic carbocycles. The lowest BCUT2D eigenvalue weighted by Gasteiger charge is -2.09. The minimum Gasteiger partial charge on any atom is -0.478 e. The van der Waals surface area contributed by atoms with Gasteiger partial charge in [-0.05, 0) is 35.7 Å². The summed E-state index contributed by atoms with van der Waals surface area (Å²) in [5, 5.41) is 11.0. The lowest BCUT2D eigenvalue weighted by atomic mass is 9.96. The highest BCUT2D eigenvalue weighted by Crippen LogP contribution is 2.25. The van der Waals surface area contributed by atoms with E-state index in [-0.39, 0.29) is 0 Å². The number of rotatable bonds is 1. The summed E-state index contributed by atoms with van der Waals surface area (Å²) in [6, 6.07) is 9.60. The molecule has 0 saturated heterocycles. The molecule has 0 heterocycles. The van der Waals surface area contributed by atoms with E-state index in [1.54, 1.807) is 0 Å². The van der Waals surface area contributed by atoms with Crippen LogP contribution in [0.1, 0.15) is 21.5 Å². The van der Waals surface area contributed by atoms with Crippen molar-refractivity contribution in [1.82, 2.24) is 0 Å². The molecule has 2 aromatic rings. The van der Waals surface area contributed by atoms with Gasteiger partial charge in [-0.15, -0.1) is 0 Å². The van der Waals surface area contributed by atoms with Crippen molar-refractivity contribution in [3.63, 3.8) is 0 Å². The van der Waals surface area contributed by atoms with Gasteiger partial charge in [0.05, 0.1) is 5.56 Å². The molecule has 0 aliphatic rings. The fourth-order valence-corrected chi connectivity index (χ4v) is 1.87. The monoisotopic (exact) mass is 200 g/mol. The Morgan fingerprint density at radius 1 is 1.20 bits per heavy atom. The van der Waals surface area contributed by atoms with Crippen molar-refractivity contribution in [3.05, 3.63) is 47.0 Å². The number of carboxylic acid groups (broad SMARTS) is 1. The van der Waals surface area contributed by atoms with Gasteiger partial charge in [-0.1, -0.05) is 30.3 Å². The van der Waals surface area contributed by atoms with Gasteiger partial charge in [0.25, 0.3) is 0 Å². The molecule has 0 aliphatic heterocycles. The number of fused-ring (bicyclic) bond motifs is 1. The quantitative estimate of drug-likeness (QED) is 0.767. The zero-order valence-electron chi connectivity index (χ0n) is 8.74. The predicted molar refractivity (Wildman–Crippen MR) is 60.4 cm³/mol. The predicted octanol–water partition coefficient (Wildman–Crippen LogP) is 3.15. The maximum atomic E-state index is 11.2. The van der Waals surface area contributed by atoms with E-state index in [1.807, 2.05) is 44.2 Å². The molecule has 0 radical (unpaired) electrons. The van der Waals surface area contributed by atoms with Crippen LogP contribution in [0.5, 0.6) is 0 Å². The molecule has 0 aliphatic carbocycles. The molecular weight excluding hydrogens is 188 g/mol. The smallest absolute Gasteiger partial charge is 0.336 e. The van der Waals surface area contributed by atoms with E-state index >= 15 is 0 Å². The maximum Gasteiger partial charge on any atom is 0.336 e. The first-order valence-corrected chi connectivity index (χ1v) is 4.83. The molecule has 15 heavy (non-hydrogen) atoms. The van der Waals surface area contributed by atoms with E-state index in [2.05, 4.69) is 0 Å². The minimum atomic E-state index is -0.854. The van der Waals surface area contributed by atoms with Crippen molar-refractivity contribution in [2.75, 3.05) is 0 Å². The molecule has 0 aromatic heterocycles. The molecule has 2 nitrogen and oxygen atoms in total. The van der Waals surface area contributed by atoms with Gasteiger partial charge in [-0.25, -0.2) is 4.79 Å². The van der Waals surface area contributed by atoms with Gasteiger partial charge in [0.15, 0.2) is 0 Å². The van der Waals surface area contributed by atoms with Gasteiger partial charge in [0, 0.05) is 0 Å². The fraction of sp³-hybridized carbons (Fsp3) is 0.154. The van der Waals surface area contributed by atoms with Crippen molar-refractivity contribution in [3.8, 4) is 0 Å². The Kier molecular flexibility index (Phi) is 2.19. The Balaban J connectivity index is 2.95. The van der Waals surface area contributed by atoms with Crippen LogP contribution in [0.15, 0.2) is 30.3 Å². The first kappa shape index (κ1) is 9.71. The topological polar surface area (TPSA) is 37.3 Å². The van der Waals surface area contributed by atoms with E-state index < -0.39 is 5.97 Å². The van der Waals surface area contributed by atoms with Gasteiger partial charge in [0.1, 0.15) is 0 Å². The largest absolute Gasteiger partial charge is 0.478 e. The van der Waals surface area contributed by atoms with Gasteiger partial charge in [0.2, 0.25) is 0 Å². The second kappa shape index (κ2) is 3.39. The zero-order valence-corrected chi connectivity index (χ0v) is 8.74. The molecule has 0 fully saturated rings. The van der Waals surface area contributed by atoms with Crippen molar-refractivity contribution in [2.24, 2.45) is 0 Å². The SMILES string of the molecule is Cc1cc2ccccc2c(C(=O)O)c1C. The van der Waals surface area contributed by atoms with Gasteiger partial charge in [-0.3, -0.25) is 0 Å². The highest BCUT2D eigenvalue weighted by molar-refractivity contribution is 6.05. The lowest BCUT2D eigenvalue weighted by molar-refractivity contribution is 0.0698. The Morgan fingerprint density at radius 2 is 1.87 bits per heavy atom. The van der Waals surface area contributed by atoms with Crippen LogP contribution < -0.4 is 0 Å². The summed E-state index contributed by atoms with van der Waals surface area (Å²) in [6.07, 6.45) is 0. The van der Waals surface area contributed by atoms with Crippen LogP contribution in [0.4, 0.5) is 0 Å². The molecule has 1 N–H and O–H groups in total. The van der Waals surface area contributed by atoms with Crippen molar-refractivity contribution in [2.45, 2.75) is 13.8 Å². The van der Waals surface area contributed by atoms with Crippen LogP contribution in [0.2, 0.25) is 0 Å². The van der Waals surface area contributed by atoms with E-state index in [0.717, 1.165) is 21.9 Å². The highest BCUT2D eigenvalue weighted by Gasteiger charge is 2.13. The third-order valence-corrected chi connectivity index (χ3v) is 2.78. The number of aryl methyl sites for hydroxylation is 1. The molecule has 0 amide bonds. The molecule has 76 valence electrons. The van der Waals surface area contributed by atoms with Crippen LogP contribution in [0.3, 0.4) is 0 Å². The summed E-state index contributed by atoms with van der Waals surface area (Å²) in [5.41, 5.74) is 2.29. The molecular formula is C13H12O2. The third-order valence-electron chi connectivity index (χ3n) is 2.78. The van der Waals surface area contributed by atoms with Crippen LogP contribution in [0.25, 0.3) is 10.8 Å². The molecule has 0 unspecified atom stereocenters. The number of hydrogen-bond acceptors (Lipinski definition) is 1. The average Bonchev–Trinajstić information content (AvgIpc) is 2.19. The van der Waals surface area contributed by atoms with Crippen LogP contribution in [0, 0.1) is 13.8 Å². The molecule has 0 saturated carbocycles. The van der Waals surface area contributed by atoms with E-state index in [9.17, 15) is 9.90 Å². The van der Waals surface area contributed by atoms with Gasteiger partial charge in [-0.2, -0.15) is 0 Å². The first-order valence-electron chi connectivity index (χ1n) is 4.83. The van der Waals surface area contributed by atoms with Crippen molar-refractivity contribution >= 4 is 16.7 Å². The molecule has 0 atom stereocenters. The van der Waals surface area contributed by atoms with Gasteiger partial charge < -0.3 is 5.11 Å². The van der Waals surface area contributed by atoms with E-state index in [1.165, 1.54) is 0 Å². The molecule has 2 heteroatoms. The van der Waals surface area contributed by atoms with Crippen LogP contribution in [-0.4, -0.2) is 11.1 Å². The lowest BCUT2D eigenvalue weighted by Crippen LogP contribution is -2.02. The van der Waals surface area contributed by atoms with E-state index in [4.69, 9.17) is 0 Å². The Bertz CT molecular complexity index is 541. The van der Waals surface area contributed by atoms with Crippen molar-refractivity contribution in [1.29, 1.82) is 0 Å². The second-order valence-electron chi connectivity index (χ2n) is 3.72. The summed E-state index contributed by atoms with van der Waals surface area (Å²) in [5.74, 6) is -0.854. The Morgan fingerprint density at radius 3 is 2.53 bits per heavy atom. The van der Waals surface area contributed by atoms with Crippen molar-refractivity contribution < 1.29 is 9.90 Å². The summed E-state index contributed by atoms with van der Waals surface area (Å²) in [7, 11) is 0. The van der Waals surface area contributed by atoms with Crippen LogP contribution in [-0.2, 0) is 0 Å². The number of carboxylic acids is 1. The normalized spacial score (nSPS) is 10.5. The zero-order chi connectivity index (χ0) is 11.0. The summed E-state index contributed by atoms with van der Waals surface area (Å²) >= 11 is 0.